The summed E-state index contributed by atoms with van der Waals surface area (Å²) < 4.78 is 17.5. The number of carbonyl (C=O) groups excluding carboxylic acids is 2. The van der Waals surface area contributed by atoms with E-state index in [-0.39, 0.29) is 10.6 Å². The molecule has 15 heavy (non-hydrogen) atoms. The van der Waals surface area contributed by atoms with Crippen LogP contribution in [0.4, 0.5) is 4.39 Å². The Kier molecular flexibility index (Phi) is 3.62. The van der Waals surface area contributed by atoms with Crippen molar-refractivity contribution in [3.05, 3.63) is 34.6 Å². The number of nitrogens with two attached hydrogens (primary N) is 1. The summed E-state index contributed by atoms with van der Waals surface area (Å²) in [6.07, 6.45) is 0. The molecule has 2 N–H and O–H groups in total. The highest BCUT2D eigenvalue weighted by Crippen LogP contribution is 2.15. The Bertz CT molecular complexity index is 408. The molecule has 0 aromatic heterocycles. The summed E-state index contributed by atoms with van der Waals surface area (Å²) in [5, 5.41) is 0.166. The number of hydrogen-bond donors (Lipinski definition) is 1. The van der Waals surface area contributed by atoms with Crippen molar-refractivity contribution in [3.63, 3.8) is 0 Å². The topological polar surface area (TPSA) is 69.4 Å². The van der Waals surface area contributed by atoms with Gasteiger partial charge in [0.1, 0.15) is 5.82 Å². The van der Waals surface area contributed by atoms with Crippen LogP contribution in [0.3, 0.4) is 0 Å². The number of rotatable bonds is 3. The fourth-order valence-corrected chi connectivity index (χ4v) is 1.03. The molecule has 0 aliphatic rings. The number of amides is 1. The van der Waals surface area contributed by atoms with Crippen LogP contribution >= 0.6 is 11.6 Å². The van der Waals surface area contributed by atoms with Gasteiger partial charge in [0.25, 0.3) is 5.91 Å². The van der Waals surface area contributed by atoms with E-state index in [1.807, 2.05) is 0 Å². The molecule has 0 saturated heterocycles. The molecule has 0 bridgehead atoms. The SMILES string of the molecule is NC(=O)COC(=O)c1ccc(Cl)cc1F. The standard InChI is InChI=1S/C9H7ClFNO3/c10-5-1-2-6(7(11)3-5)9(14)15-4-8(12)13/h1-3H,4H2,(H2,12,13). The van der Waals surface area contributed by atoms with E-state index >= 15 is 0 Å². The van der Waals surface area contributed by atoms with Gasteiger partial charge in [0.05, 0.1) is 5.56 Å². The number of ether oxygens (including phenoxy) is 1. The van der Waals surface area contributed by atoms with Crippen LogP contribution in [-0.4, -0.2) is 18.5 Å². The lowest BCUT2D eigenvalue weighted by Gasteiger charge is -2.03. The minimum atomic E-state index is -0.956. The zero-order valence-electron chi connectivity index (χ0n) is 7.50. The second kappa shape index (κ2) is 4.75. The van der Waals surface area contributed by atoms with E-state index in [9.17, 15) is 14.0 Å². The molecule has 80 valence electrons. The fourth-order valence-electron chi connectivity index (χ4n) is 0.869. The maximum atomic E-state index is 13.1. The lowest BCUT2D eigenvalue weighted by molar-refractivity contribution is -0.121. The van der Waals surface area contributed by atoms with Gasteiger partial charge in [0.2, 0.25) is 0 Å². The van der Waals surface area contributed by atoms with Crippen LogP contribution in [-0.2, 0) is 9.53 Å². The Morgan fingerprint density at radius 2 is 2.13 bits per heavy atom. The molecule has 0 fully saturated rings. The van der Waals surface area contributed by atoms with Gasteiger partial charge in [-0.2, -0.15) is 0 Å². The molecule has 6 heteroatoms. The van der Waals surface area contributed by atoms with Crippen molar-refractivity contribution in [1.82, 2.24) is 0 Å². The number of hydrogen-bond acceptors (Lipinski definition) is 3. The van der Waals surface area contributed by atoms with Crippen molar-refractivity contribution < 1.29 is 18.7 Å². The minimum absolute atomic E-state index is 0.166. The molecular weight excluding hydrogens is 225 g/mol. The number of esters is 1. The molecule has 0 unspecified atom stereocenters. The first-order valence-corrected chi connectivity index (χ1v) is 4.29. The Morgan fingerprint density at radius 1 is 1.47 bits per heavy atom. The predicted molar refractivity (Wildman–Crippen MR) is 50.9 cm³/mol. The van der Waals surface area contributed by atoms with E-state index in [0.29, 0.717) is 0 Å². The third kappa shape index (κ3) is 3.21. The maximum Gasteiger partial charge on any atom is 0.341 e. The summed E-state index contributed by atoms with van der Waals surface area (Å²) in [5.41, 5.74) is 4.46. The van der Waals surface area contributed by atoms with Gasteiger partial charge in [0, 0.05) is 5.02 Å². The molecule has 1 amide bonds. The Hall–Kier alpha value is -1.62. The van der Waals surface area contributed by atoms with Crippen LogP contribution in [0.15, 0.2) is 18.2 Å². The summed E-state index contributed by atoms with van der Waals surface area (Å²) in [6.45, 7) is -0.582. The van der Waals surface area contributed by atoms with Gasteiger partial charge in [-0.25, -0.2) is 9.18 Å². The van der Waals surface area contributed by atoms with E-state index in [1.54, 1.807) is 0 Å². The van der Waals surface area contributed by atoms with Crippen molar-refractivity contribution in [2.24, 2.45) is 5.73 Å². The van der Waals surface area contributed by atoms with Crippen molar-refractivity contribution in [2.75, 3.05) is 6.61 Å². The fraction of sp³-hybridized carbons (Fsp3) is 0.111. The van der Waals surface area contributed by atoms with E-state index in [4.69, 9.17) is 17.3 Å². The van der Waals surface area contributed by atoms with Gasteiger partial charge >= 0.3 is 5.97 Å². The summed E-state index contributed by atoms with van der Waals surface area (Å²) in [5.74, 6) is -2.57. The average Bonchev–Trinajstić information content (AvgIpc) is 2.14. The molecule has 0 atom stereocenters. The first kappa shape index (κ1) is 11.5. The largest absolute Gasteiger partial charge is 0.452 e. The molecule has 1 aromatic rings. The van der Waals surface area contributed by atoms with Crippen LogP contribution < -0.4 is 5.73 Å². The average molecular weight is 232 g/mol. The Balaban J connectivity index is 2.78. The zero-order chi connectivity index (χ0) is 11.4. The van der Waals surface area contributed by atoms with E-state index in [1.165, 1.54) is 12.1 Å². The third-order valence-corrected chi connectivity index (χ3v) is 1.73. The number of halogens is 2. The molecule has 0 aliphatic heterocycles. The highest BCUT2D eigenvalue weighted by Gasteiger charge is 2.13. The molecular formula is C9H7ClFNO3. The van der Waals surface area contributed by atoms with E-state index in [2.05, 4.69) is 4.74 Å². The smallest absolute Gasteiger partial charge is 0.341 e. The quantitative estimate of drug-likeness (QED) is 0.793. The van der Waals surface area contributed by atoms with Gasteiger partial charge < -0.3 is 10.5 Å². The zero-order valence-corrected chi connectivity index (χ0v) is 8.25. The normalized spacial score (nSPS) is 9.73. The van der Waals surface area contributed by atoms with Crippen molar-refractivity contribution in [2.45, 2.75) is 0 Å². The lowest BCUT2D eigenvalue weighted by Crippen LogP contribution is -2.21. The van der Waals surface area contributed by atoms with Gasteiger partial charge in [-0.05, 0) is 18.2 Å². The molecule has 1 rings (SSSR count). The highest BCUT2D eigenvalue weighted by atomic mass is 35.5. The lowest BCUT2D eigenvalue weighted by atomic mass is 10.2. The van der Waals surface area contributed by atoms with E-state index in [0.717, 1.165) is 6.07 Å². The molecule has 1 aromatic carbocycles. The van der Waals surface area contributed by atoms with Crippen LogP contribution in [0.5, 0.6) is 0 Å². The van der Waals surface area contributed by atoms with Gasteiger partial charge in [-0.15, -0.1) is 0 Å². The second-order valence-corrected chi connectivity index (χ2v) is 3.10. The van der Waals surface area contributed by atoms with Crippen LogP contribution in [0.1, 0.15) is 10.4 Å². The van der Waals surface area contributed by atoms with Crippen LogP contribution in [0, 0.1) is 5.82 Å². The molecule has 0 heterocycles. The first-order chi connectivity index (χ1) is 7.00. The molecule has 0 radical (unpaired) electrons. The minimum Gasteiger partial charge on any atom is -0.452 e. The maximum absolute atomic E-state index is 13.1. The predicted octanol–water partition coefficient (Wildman–Crippen LogP) is 1.12. The molecule has 0 aliphatic carbocycles. The molecule has 0 spiro atoms. The Morgan fingerprint density at radius 3 is 2.67 bits per heavy atom. The van der Waals surface area contributed by atoms with Gasteiger partial charge in [0.15, 0.2) is 6.61 Å². The third-order valence-electron chi connectivity index (χ3n) is 1.50. The highest BCUT2D eigenvalue weighted by molar-refractivity contribution is 6.30. The summed E-state index contributed by atoms with van der Waals surface area (Å²) in [6, 6.07) is 3.48. The van der Waals surface area contributed by atoms with Crippen LogP contribution in [0.25, 0.3) is 0 Å². The second-order valence-electron chi connectivity index (χ2n) is 2.67. The molecule has 4 nitrogen and oxygen atoms in total. The summed E-state index contributed by atoms with van der Waals surface area (Å²) >= 11 is 5.48. The van der Waals surface area contributed by atoms with Gasteiger partial charge in [-0.3, -0.25) is 4.79 Å². The summed E-state index contributed by atoms with van der Waals surface area (Å²) in [4.78, 5) is 21.5. The van der Waals surface area contributed by atoms with Crippen molar-refractivity contribution in [1.29, 1.82) is 0 Å². The number of carbonyl (C=O) groups is 2. The number of benzene rings is 1. The Labute approximate surface area is 89.8 Å². The van der Waals surface area contributed by atoms with Gasteiger partial charge in [-0.1, -0.05) is 11.6 Å². The molecule has 0 saturated carbocycles. The summed E-state index contributed by atoms with van der Waals surface area (Å²) in [7, 11) is 0. The number of primary amides is 1. The van der Waals surface area contributed by atoms with Crippen LogP contribution in [0.2, 0.25) is 5.02 Å². The van der Waals surface area contributed by atoms with Crippen molar-refractivity contribution in [3.8, 4) is 0 Å². The van der Waals surface area contributed by atoms with E-state index < -0.39 is 24.3 Å². The van der Waals surface area contributed by atoms with Crippen molar-refractivity contribution >= 4 is 23.5 Å². The first-order valence-electron chi connectivity index (χ1n) is 3.91. The monoisotopic (exact) mass is 231 g/mol.